The van der Waals surface area contributed by atoms with Crippen molar-refractivity contribution in [2.75, 3.05) is 6.61 Å². The van der Waals surface area contributed by atoms with Crippen LogP contribution in [0.4, 0.5) is 0 Å². The lowest BCUT2D eigenvalue weighted by Gasteiger charge is -2.34. The van der Waals surface area contributed by atoms with Gasteiger partial charge >= 0.3 is 17.9 Å². The molecular formula is C40H72N2O6. The number of cyclic esters (lactones) is 1. The van der Waals surface area contributed by atoms with E-state index >= 15 is 0 Å². The molecule has 1 fully saturated rings. The van der Waals surface area contributed by atoms with E-state index in [4.69, 9.17) is 14.2 Å². The van der Waals surface area contributed by atoms with Gasteiger partial charge in [-0.25, -0.2) is 9.78 Å². The summed E-state index contributed by atoms with van der Waals surface area (Å²) in [5, 5.41) is 0. The number of aromatic nitrogens is 2. The first-order chi connectivity index (χ1) is 20.3. The van der Waals surface area contributed by atoms with E-state index in [0.717, 1.165) is 25.7 Å². The van der Waals surface area contributed by atoms with E-state index < -0.39 is 28.5 Å². The number of esters is 3. The standard InChI is InChI=1S/C35H52N2O6.5CH4/c1-8-28(37-23-22-36-25-37)17-21-35(7,32(40)43-33(3,4)5)20-16-27(26-13-11-10-12-14-26)15-19-34(6,9-2)31(39)42-29-18-24-41-30(29)38;;;;;/h10-14,22-23,25,27-29H,8-9,15-21,24H2,1-7H3;5*1H4. The van der Waals surface area contributed by atoms with Crippen molar-refractivity contribution in [1.82, 2.24) is 9.55 Å². The minimum absolute atomic E-state index is 0. The predicted molar refractivity (Wildman–Crippen MR) is 200 cm³/mol. The predicted octanol–water partition coefficient (Wildman–Crippen LogP) is 10.8. The number of benzene rings is 1. The molecule has 0 spiro atoms. The van der Waals surface area contributed by atoms with Crippen molar-refractivity contribution >= 4 is 17.9 Å². The largest absolute Gasteiger partial charge is 0.463 e. The lowest BCUT2D eigenvalue weighted by atomic mass is 9.74. The van der Waals surface area contributed by atoms with Crippen LogP contribution >= 0.6 is 0 Å². The zero-order valence-corrected chi connectivity index (χ0v) is 27.3. The minimum atomic E-state index is -0.813. The highest BCUT2D eigenvalue weighted by Gasteiger charge is 2.40. The monoisotopic (exact) mass is 677 g/mol. The van der Waals surface area contributed by atoms with E-state index in [1.54, 1.807) is 6.20 Å². The van der Waals surface area contributed by atoms with Gasteiger partial charge in [-0.05, 0) is 97.5 Å². The molecule has 8 heteroatoms. The van der Waals surface area contributed by atoms with E-state index in [1.807, 2.05) is 72.3 Å². The summed E-state index contributed by atoms with van der Waals surface area (Å²) in [6.45, 7) is 14.1. The Labute approximate surface area is 294 Å². The Morgan fingerprint density at radius 2 is 1.48 bits per heavy atom. The molecule has 8 nitrogen and oxygen atoms in total. The van der Waals surface area contributed by atoms with Gasteiger partial charge in [-0.3, -0.25) is 9.59 Å². The van der Waals surface area contributed by atoms with E-state index in [9.17, 15) is 14.4 Å². The van der Waals surface area contributed by atoms with Gasteiger partial charge < -0.3 is 18.8 Å². The first kappa shape index (κ1) is 49.2. The summed E-state index contributed by atoms with van der Waals surface area (Å²) in [6, 6.07) is 10.6. The molecule has 278 valence electrons. The Morgan fingerprint density at radius 1 is 0.896 bits per heavy atom. The van der Waals surface area contributed by atoms with Gasteiger partial charge in [0.15, 0.2) is 0 Å². The molecule has 5 unspecified atom stereocenters. The Balaban J connectivity index is -0.00000405. The van der Waals surface area contributed by atoms with Crippen LogP contribution < -0.4 is 0 Å². The highest BCUT2D eigenvalue weighted by Crippen LogP contribution is 2.41. The number of imidazole rings is 1. The summed E-state index contributed by atoms with van der Waals surface area (Å²) >= 11 is 0. The lowest BCUT2D eigenvalue weighted by Crippen LogP contribution is -2.37. The van der Waals surface area contributed by atoms with Crippen molar-refractivity contribution in [3.63, 3.8) is 0 Å². The van der Waals surface area contributed by atoms with Crippen molar-refractivity contribution in [1.29, 1.82) is 0 Å². The Bertz CT molecular complexity index is 1180. The van der Waals surface area contributed by atoms with E-state index in [1.165, 1.54) is 5.56 Å². The smallest absolute Gasteiger partial charge is 0.347 e. The number of hydrogen-bond acceptors (Lipinski definition) is 7. The summed E-state index contributed by atoms with van der Waals surface area (Å²) in [7, 11) is 0. The van der Waals surface area contributed by atoms with Crippen molar-refractivity contribution < 1.29 is 28.6 Å². The fourth-order valence-electron chi connectivity index (χ4n) is 5.73. The summed E-state index contributed by atoms with van der Waals surface area (Å²) in [5.41, 5.74) is -0.806. The number of rotatable bonds is 16. The Morgan fingerprint density at radius 3 is 1.96 bits per heavy atom. The summed E-state index contributed by atoms with van der Waals surface area (Å²) in [6.07, 6.45) is 11.0. The maximum absolute atomic E-state index is 13.7. The van der Waals surface area contributed by atoms with E-state index in [-0.39, 0.29) is 67.6 Å². The van der Waals surface area contributed by atoms with Gasteiger partial charge in [0.05, 0.1) is 23.8 Å². The molecule has 0 saturated carbocycles. The molecule has 1 aliphatic rings. The zero-order chi connectivity index (χ0) is 31.7. The topological polar surface area (TPSA) is 96.7 Å². The summed E-state index contributed by atoms with van der Waals surface area (Å²) in [5.74, 6) is -0.852. The van der Waals surface area contributed by atoms with Crippen LogP contribution in [0.15, 0.2) is 49.1 Å². The average Bonchev–Trinajstić information content (AvgIpc) is 3.65. The molecule has 0 radical (unpaired) electrons. The molecular weight excluding hydrogens is 604 g/mol. The third kappa shape index (κ3) is 13.8. The highest BCUT2D eigenvalue weighted by atomic mass is 16.6. The van der Waals surface area contributed by atoms with Crippen molar-refractivity contribution in [3.8, 4) is 0 Å². The fourth-order valence-corrected chi connectivity index (χ4v) is 5.73. The molecule has 1 saturated heterocycles. The van der Waals surface area contributed by atoms with Crippen LogP contribution in [0.1, 0.15) is 161 Å². The Hall–Kier alpha value is -3.16. The number of ether oxygens (including phenoxy) is 3. The van der Waals surface area contributed by atoms with Crippen molar-refractivity contribution in [3.05, 3.63) is 54.6 Å². The third-order valence-corrected chi connectivity index (χ3v) is 9.11. The lowest BCUT2D eigenvalue weighted by molar-refractivity contribution is -0.168. The highest BCUT2D eigenvalue weighted by molar-refractivity contribution is 5.83. The molecule has 0 aliphatic carbocycles. The molecule has 0 N–H and O–H groups in total. The molecule has 1 aliphatic heterocycles. The van der Waals surface area contributed by atoms with Gasteiger partial charge in [-0.15, -0.1) is 0 Å². The van der Waals surface area contributed by atoms with Gasteiger partial charge in [0.25, 0.3) is 0 Å². The maximum atomic E-state index is 13.7. The van der Waals surface area contributed by atoms with Crippen LogP contribution in [0.2, 0.25) is 0 Å². The van der Waals surface area contributed by atoms with Crippen LogP contribution in [-0.2, 0) is 28.6 Å². The second-order valence-electron chi connectivity index (χ2n) is 13.6. The zero-order valence-electron chi connectivity index (χ0n) is 27.3. The summed E-state index contributed by atoms with van der Waals surface area (Å²) < 4.78 is 18.7. The number of carbonyl (C=O) groups excluding carboxylic acids is 3. The van der Waals surface area contributed by atoms with Crippen LogP contribution in [0.25, 0.3) is 0 Å². The molecule has 3 rings (SSSR count). The molecule has 1 aromatic heterocycles. The third-order valence-electron chi connectivity index (χ3n) is 9.11. The van der Waals surface area contributed by atoms with Crippen LogP contribution in [0, 0.1) is 10.8 Å². The molecule has 48 heavy (non-hydrogen) atoms. The average molecular weight is 677 g/mol. The fraction of sp³-hybridized carbons (Fsp3) is 0.700. The second kappa shape index (κ2) is 21.7. The normalized spacial score (nSPS) is 17.5. The molecule has 2 heterocycles. The van der Waals surface area contributed by atoms with Gasteiger partial charge in [0, 0.05) is 24.9 Å². The Kier molecular flexibility index (Phi) is 22.3. The quantitative estimate of drug-likeness (QED) is 0.129. The number of nitrogens with zero attached hydrogens (tertiary/aromatic N) is 2. The molecule has 0 amide bonds. The summed E-state index contributed by atoms with van der Waals surface area (Å²) in [4.78, 5) is 43.1. The van der Waals surface area contributed by atoms with Gasteiger partial charge in [-0.1, -0.05) is 81.3 Å². The first-order valence-corrected chi connectivity index (χ1v) is 15.9. The maximum Gasteiger partial charge on any atom is 0.347 e. The molecule has 1 aromatic carbocycles. The first-order valence-electron chi connectivity index (χ1n) is 15.9. The number of carbonyl (C=O) groups is 3. The van der Waals surface area contributed by atoms with Crippen LogP contribution in [-0.4, -0.2) is 45.8 Å². The van der Waals surface area contributed by atoms with Crippen molar-refractivity contribution in [2.45, 2.75) is 167 Å². The van der Waals surface area contributed by atoms with Crippen LogP contribution in [0.5, 0.6) is 0 Å². The van der Waals surface area contributed by atoms with Gasteiger partial charge in [-0.2, -0.15) is 0 Å². The molecule has 2 aromatic rings. The van der Waals surface area contributed by atoms with Crippen LogP contribution in [0.3, 0.4) is 0 Å². The van der Waals surface area contributed by atoms with E-state index in [0.29, 0.717) is 32.1 Å². The molecule has 0 bridgehead atoms. The molecule has 5 atom stereocenters. The SMILES string of the molecule is C.C.C.C.C.CCC(CCC(C)(CCC(CCC(C)(CC)C(=O)OC1CCOC1=O)c1ccccc1)C(=O)OC(C)(C)C)n1ccnc1. The minimum Gasteiger partial charge on any atom is -0.463 e. The van der Waals surface area contributed by atoms with Gasteiger partial charge in [0.1, 0.15) is 5.60 Å². The van der Waals surface area contributed by atoms with Gasteiger partial charge in [0.2, 0.25) is 6.10 Å². The van der Waals surface area contributed by atoms with E-state index in [2.05, 4.69) is 28.6 Å². The number of hydrogen-bond donors (Lipinski definition) is 0. The second-order valence-corrected chi connectivity index (χ2v) is 13.6. The van der Waals surface area contributed by atoms with Crippen molar-refractivity contribution in [2.24, 2.45) is 10.8 Å².